The van der Waals surface area contributed by atoms with Gasteiger partial charge in [0.25, 0.3) is 0 Å². The highest BCUT2D eigenvalue weighted by atomic mass is 35.5. The summed E-state index contributed by atoms with van der Waals surface area (Å²) in [5.74, 6) is -3.16. The van der Waals surface area contributed by atoms with Crippen molar-refractivity contribution in [3.05, 3.63) is 41.1 Å². The van der Waals surface area contributed by atoms with Gasteiger partial charge in [-0.2, -0.15) is 13.2 Å². The number of urea groups is 1. The first kappa shape index (κ1) is 17.1. The second kappa shape index (κ2) is 6.49. The minimum atomic E-state index is -4.58. The third-order valence-corrected chi connectivity index (χ3v) is 3.62. The summed E-state index contributed by atoms with van der Waals surface area (Å²) < 4.78 is 38.7. The summed E-state index contributed by atoms with van der Waals surface area (Å²) in [6, 6.07) is 5.53. The van der Waals surface area contributed by atoms with Gasteiger partial charge in [0.1, 0.15) is 0 Å². The van der Waals surface area contributed by atoms with Crippen LogP contribution in [0.25, 0.3) is 0 Å². The first-order valence-corrected chi connectivity index (χ1v) is 6.97. The van der Waals surface area contributed by atoms with Crippen LogP contribution in [0.1, 0.15) is 6.42 Å². The number of nitrogens with zero attached hydrogens (tertiary/aromatic N) is 1. The van der Waals surface area contributed by atoms with Crippen LogP contribution in [0, 0.1) is 5.92 Å². The summed E-state index contributed by atoms with van der Waals surface area (Å²) in [5.41, 5.74) is 4.80. The summed E-state index contributed by atoms with van der Waals surface area (Å²) >= 11 is 5.72. The van der Waals surface area contributed by atoms with E-state index in [4.69, 9.17) is 17.3 Å². The topological polar surface area (TPSA) is 75.4 Å². The van der Waals surface area contributed by atoms with Gasteiger partial charge in [0, 0.05) is 29.0 Å². The van der Waals surface area contributed by atoms with E-state index in [0.717, 1.165) is 11.1 Å². The Kier molecular flexibility index (Phi) is 4.84. The van der Waals surface area contributed by atoms with Gasteiger partial charge in [-0.3, -0.25) is 4.79 Å². The second-order valence-electron chi connectivity index (χ2n) is 4.96. The molecule has 0 radical (unpaired) electrons. The molecule has 0 saturated heterocycles. The molecule has 3 amide bonds. The number of hydrogen-bond donors (Lipinski definition) is 2. The standard InChI is InChI=1S/C14H13ClF3N3O2/c15-8-1-3-9(4-2-8)20-13(23)21-6-5-11(14(16,17)18)10(7-21)12(19)22/h1-4,7,11H,5-6H2,(H2,19,22)(H,20,23)/t11-/m1/s1. The lowest BCUT2D eigenvalue weighted by molar-refractivity contribution is -0.169. The summed E-state index contributed by atoms with van der Waals surface area (Å²) in [7, 11) is 0. The van der Waals surface area contributed by atoms with Gasteiger partial charge in [0.15, 0.2) is 0 Å². The zero-order valence-corrected chi connectivity index (χ0v) is 12.5. The lowest BCUT2D eigenvalue weighted by Gasteiger charge is -2.31. The van der Waals surface area contributed by atoms with Crippen molar-refractivity contribution >= 4 is 29.2 Å². The molecule has 9 heteroatoms. The van der Waals surface area contributed by atoms with Gasteiger partial charge in [0.05, 0.1) is 5.92 Å². The Bertz CT molecular complexity index is 644. The molecular weight excluding hydrogens is 335 g/mol. The highest BCUT2D eigenvalue weighted by Gasteiger charge is 2.45. The molecule has 23 heavy (non-hydrogen) atoms. The molecule has 0 spiro atoms. The maximum atomic E-state index is 12.9. The number of anilines is 1. The first-order valence-electron chi connectivity index (χ1n) is 6.60. The van der Waals surface area contributed by atoms with Crippen LogP contribution in [0.15, 0.2) is 36.0 Å². The summed E-state index contributed by atoms with van der Waals surface area (Å²) in [5, 5.41) is 2.98. The fourth-order valence-electron chi connectivity index (χ4n) is 2.21. The SMILES string of the molecule is NC(=O)C1=CN(C(=O)Nc2ccc(Cl)cc2)CC[C@H]1C(F)(F)F. The van der Waals surface area contributed by atoms with Gasteiger partial charge in [0.2, 0.25) is 5.91 Å². The lowest BCUT2D eigenvalue weighted by atomic mass is 9.92. The Morgan fingerprint density at radius 3 is 2.39 bits per heavy atom. The van der Waals surface area contributed by atoms with E-state index in [0.29, 0.717) is 10.7 Å². The Morgan fingerprint density at radius 1 is 1.26 bits per heavy atom. The molecule has 124 valence electrons. The lowest BCUT2D eigenvalue weighted by Crippen LogP contribution is -2.42. The van der Waals surface area contributed by atoms with Crippen molar-refractivity contribution in [2.75, 3.05) is 11.9 Å². The molecule has 1 aliphatic rings. The number of carbonyl (C=O) groups excluding carboxylic acids is 2. The third-order valence-electron chi connectivity index (χ3n) is 3.37. The molecule has 0 unspecified atom stereocenters. The Hall–Kier alpha value is -2.22. The van der Waals surface area contributed by atoms with Crippen molar-refractivity contribution < 1.29 is 22.8 Å². The van der Waals surface area contributed by atoms with Crippen molar-refractivity contribution in [1.82, 2.24) is 4.90 Å². The maximum absolute atomic E-state index is 12.9. The predicted octanol–water partition coefficient (Wildman–Crippen LogP) is 3.13. The fourth-order valence-corrected chi connectivity index (χ4v) is 2.34. The monoisotopic (exact) mass is 347 g/mol. The van der Waals surface area contributed by atoms with Crippen molar-refractivity contribution in [3.8, 4) is 0 Å². The van der Waals surface area contributed by atoms with Crippen molar-refractivity contribution in [1.29, 1.82) is 0 Å². The third kappa shape index (κ3) is 4.16. The van der Waals surface area contributed by atoms with Gasteiger partial charge >= 0.3 is 12.2 Å². The van der Waals surface area contributed by atoms with Gasteiger partial charge in [-0.25, -0.2) is 4.79 Å². The van der Waals surface area contributed by atoms with E-state index < -0.39 is 36.0 Å². The van der Waals surface area contributed by atoms with E-state index in [1.165, 1.54) is 0 Å². The van der Waals surface area contributed by atoms with Gasteiger partial charge < -0.3 is 16.0 Å². The normalized spacial score (nSPS) is 18.3. The summed E-state index contributed by atoms with van der Waals surface area (Å²) in [6.45, 7) is -0.180. The molecule has 3 N–H and O–H groups in total. The van der Waals surface area contributed by atoms with Crippen LogP contribution in [-0.2, 0) is 4.79 Å². The number of benzene rings is 1. The van der Waals surface area contributed by atoms with Crippen LogP contribution in [-0.4, -0.2) is 29.6 Å². The number of amides is 3. The zero-order chi connectivity index (χ0) is 17.2. The molecule has 0 aliphatic carbocycles. The number of hydrogen-bond acceptors (Lipinski definition) is 2. The van der Waals surface area contributed by atoms with E-state index >= 15 is 0 Å². The predicted molar refractivity (Wildman–Crippen MR) is 78.6 cm³/mol. The van der Waals surface area contributed by atoms with Crippen molar-refractivity contribution in [2.45, 2.75) is 12.6 Å². The number of primary amides is 1. The summed E-state index contributed by atoms with van der Waals surface area (Å²) in [6.07, 6.45) is -4.15. The van der Waals surface area contributed by atoms with E-state index in [-0.39, 0.29) is 6.54 Å². The number of rotatable bonds is 2. The number of halogens is 4. The molecule has 1 aromatic carbocycles. The number of alkyl halides is 3. The molecule has 1 aromatic rings. The van der Waals surface area contributed by atoms with Crippen LogP contribution in [0.2, 0.25) is 5.02 Å². The van der Waals surface area contributed by atoms with E-state index in [9.17, 15) is 22.8 Å². The van der Waals surface area contributed by atoms with E-state index in [1.54, 1.807) is 24.3 Å². The minimum absolute atomic E-state index is 0.180. The smallest absolute Gasteiger partial charge is 0.366 e. The van der Waals surface area contributed by atoms with Gasteiger partial charge in [-0.05, 0) is 30.7 Å². The highest BCUT2D eigenvalue weighted by molar-refractivity contribution is 6.30. The molecule has 2 rings (SSSR count). The molecule has 1 aliphatic heterocycles. The largest absolute Gasteiger partial charge is 0.396 e. The molecule has 0 bridgehead atoms. The Labute approximate surface area is 134 Å². The van der Waals surface area contributed by atoms with Crippen LogP contribution >= 0.6 is 11.6 Å². The average Bonchev–Trinajstić information content (AvgIpc) is 2.48. The van der Waals surface area contributed by atoms with Gasteiger partial charge in [-0.1, -0.05) is 11.6 Å². The zero-order valence-electron chi connectivity index (χ0n) is 11.7. The molecule has 5 nitrogen and oxygen atoms in total. The van der Waals surface area contributed by atoms with Crippen LogP contribution in [0.5, 0.6) is 0 Å². The van der Waals surface area contributed by atoms with Crippen LogP contribution < -0.4 is 11.1 Å². The first-order chi connectivity index (χ1) is 10.7. The van der Waals surface area contributed by atoms with Crippen molar-refractivity contribution in [3.63, 3.8) is 0 Å². The van der Waals surface area contributed by atoms with Crippen molar-refractivity contribution in [2.24, 2.45) is 11.7 Å². The van der Waals surface area contributed by atoms with E-state index in [1.807, 2.05) is 0 Å². The van der Waals surface area contributed by atoms with Gasteiger partial charge in [-0.15, -0.1) is 0 Å². The van der Waals surface area contributed by atoms with E-state index in [2.05, 4.69) is 5.32 Å². The maximum Gasteiger partial charge on any atom is 0.396 e. The number of carbonyl (C=O) groups is 2. The minimum Gasteiger partial charge on any atom is -0.366 e. The number of nitrogens with two attached hydrogens (primary N) is 1. The number of nitrogens with one attached hydrogen (secondary N) is 1. The molecular formula is C14H13ClF3N3O2. The fraction of sp³-hybridized carbons (Fsp3) is 0.286. The quantitative estimate of drug-likeness (QED) is 0.862. The second-order valence-corrected chi connectivity index (χ2v) is 5.40. The molecule has 1 heterocycles. The molecule has 0 fully saturated rings. The molecule has 1 atom stereocenters. The highest BCUT2D eigenvalue weighted by Crippen LogP contribution is 2.37. The average molecular weight is 348 g/mol. The van der Waals surface area contributed by atoms with Crippen LogP contribution in [0.3, 0.4) is 0 Å². The summed E-state index contributed by atoms with van der Waals surface area (Å²) in [4.78, 5) is 24.3. The Balaban J connectivity index is 2.17. The Morgan fingerprint density at radius 2 is 1.87 bits per heavy atom. The molecule has 0 aromatic heterocycles. The molecule has 0 saturated carbocycles. The van der Waals surface area contributed by atoms with Crippen LogP contribution in [0.4, 0.5) is 23.7 Å².